The van der Waals surface area contributed by atoms with Gasteiger partial charge in [0.25, 0.3) is 0 Å². The third-order valence-corrected chi connectivity index (χ3v) is 7.42. The van der Waals surface area contributed by atoms with E-state index in [1.807, 2.05) is 31.7 Å². The van der Waals surface area contributed by atoms with Gasteiger partial charge in [-0.15, -0.1) is 11.8 Å². The molecular formula is C30H42ClN3O3S. The van der Waals surface area contributed by atoms with Gasteiger partial charge in [0.2, 0.25) is 5.91 Å². The number of hydrogen-bond acceptors (Lipinski definition) is 5. The summed E-state index contributed by atoms with van der Waals surface area (Å²) in [7, 11) is 0. The lowest BCUT2D eigenvalue weighted by Crippen LogP contribution is -2.39. The Kier molecular flexibility index (Phi) is 10.4. The van der Waals surface area contributed by atoms with E-state index in [0.29, 0.717) is 37.0 Å². The monoisotopic (exact) mass is 559 g/mol. The van der Waals surface area contributed by atoms with Crippen LogP contribution in [0.4, 0.5) is 10.5 Å². The number of halogens is 1. The standard InChI is InChI=1S/C30H42ClN3O3S/c1-29(2,3)20-33-26(35)19-38-23-12-9-21(10-13-23)18-32-27-24-8-7-16-34(28(36)37-30(4,5)6)17-15-22(24)11-14-25(27)31/h9-14,32H,7-8,15-20H2,1-6H3,(H,33,35). The van der Waals surface area contributed by atoms with Gasteiger partial charge in [0, 0.05) is 31.1 Å². The van der Waals surface area contributed by atoms with E-state index in [2.05, 4.69) is 61.7 Å². The summed E-state index contributed by atoms with van der Waals surface area (Å²) in [6.07, 6.45) is 2.19. The van der Waals surface area contributed by atoms with E-state index in [-0.39, 0.29) is 17.4 Å². The molecule has 0 bridgehead atoms. The molecule has 1 aliphatic heterocycles. The van der Waals surface area contributed by atoms with Gasteiger partial charge in [0.05, 0.1) is 16.5 Å². The summed E-state index contributed by atoms with van der Waals surface area (Å²) in [6.45, 7) is 14.6. The second-order valence-corrected chi connectivity index (χ2v) is 13.5. The lowest BCUT2D eigenvalue weighted by atomic mass is 9.96. The molecule has 0 atom stereocenters. The first-order valence-electron chi connectivity index (χ1n) is 13.3. The van der Waals surface area contributed by atoms with Crippen LogP contribution < -0.4 is 10.6 Å². The molecule has 0 aromatic heterocycles. The molecule has 208 valence electrons. The van der Waals surface area contributed by atoms with Gasteiger partial charge in [-0.25, -0.2) is 4.79 Å². The molecule has 3 rings (SSSR count). The number of anilines is 1. The predicted molar refractivity (Wildman–Crippen MR) is 158 cm³/mol. The molecule has 0 spiro atoms. The van der Waals surface area contributed by atoms with Crippen LogP contribution in [0.25, 0.3) is 0 Å². The number of ether oxygens (including phenoxy) is 1. The Labute approximate surface area is 237 Å². The van der Waals surface area contributed by atoms with Crippen molar-refractivity contribution < 1.29 is 14.3 Å². The van der Waals surface area contributed by atoms with Gasteiger partial charge in [0.1, 0.15) is 5.60 Å². The minimum atomic E-state index is -0.500. The maximum absolute atomic E-state index is 12.6. The van der Waals surface area contributed by atoms with Gasteiger partial charge in [-0.05, 0) is 80.3 Å². The molecule has 8 heteroatoms. The maximum atomic E-state index is 12.6. The normalized spacial score (nSPS) is 14.2. The summed E-state index contributed by atoms with van der Waals surface area (Å²) in [5.41, 5.74) is 4.14. The van der Waals surface area contributed by atoms with Gasteiger partial charge < -0.3 is 20.3 Å². The average molecular weight is 560 g/mol. The Morgan fingerprint density at radius 2 is 1.71 bits per heavy atom. The van der Waals surface area contributed by atoms with E-state index in [1.54, 1.807) is 11.8 Å². The fourth-order valence-corrected chi connectivity index (χ4v) is 5.13. The number of nitrogens with one attached hydrogen (secondary N) is 2. The molecular weight excluding hydrogens is 518 g/mol. The van der Waals surface area contributed by atoms with Crippen LogP contribution in [0.5, 0.6) is 0 Å². The average Bonchev–Trinajstić information content (AvgIpc) is 2.81. The van der Waals surface area contributed by atoms with Crippen molar-refractivity contribution in [3.63, 3.8) is 0 Å². The molecule has 2 aromatic carbocycles. The number of thioether (sulfide) groups is 1. The Balaban J connectivity index is 1.57. The first-order chi connectivity index (χ1) is 17.8. The van der Waals surface area contributed by atoms with Crippen molar-refractivity contribution in [1.29, 1.82) is 0 Å². The second-order valence-electron chi connectivity index (χ2n) is 12.0. The van der Waals surface area contributed by atoms with Crippen LogP contribution in [0.2, 0.25) is 5.02 Å². The number of amides is 2. The molecule has 0 fully saturated rings. The summed E-state index contributed by atoms with van der Waals surface area (Å²) in [5.74, 6) is 0.463. The number of benzene rings is 2. The van der Waals surface area contributed by atoms with Crippen molar-refractivity contribution in [2.75, 3.05) is 30.7 Å². The van der Waals surface area contributed by atoms with Crippen molar-refractivity contribution >= 4 is 41.1 Å². The van der Waals surface area contributed by atoms with Gasteiger partial charge in [-0.3, -0.25) is 4.79 Å². The molecule has 6 nitrogen and oxygen atoms in total. The lowest BCUT2D eigenvalue weighted by molar-refractivity contribution is -0.118. The van der Waals surface area contributed by atoms with Crippen molar-refractivity contribution in [3.05, 3.63) is 58.1 Å². The first-order valence-corrected chi connectivity index (χ1v) is 14.7. The Morgan fingerprint density at radius 1 is 1.00 bits per heavy atom. The number of fused-ring (bicyclic) bond motifs is 1. The fourth-order valence-electron chi connectivity index (χ4n) is 4.15. The zero-order valence-corrected chi connectivity index (χ0v) is 25.2. The van der Waals surface area contributed by atoms with Gasteiger partial charge in [-0.1, -0.05) is 50.6 Å². The van der Waals surface area contributed by atoms with E-state index >= 15 is 0 Å². The van der Waals surface area contributed by atoms with Gasteiger partial charge in [0.15, 0.2) is 0 Å². The lowest BCUT2D eigenvalue weighted by Gasteiger charge is -2.30. The van der Waals surface area contributed by atoms with E-state index in [1.165, 1.54) is 11.1 Å². The zero-order chi connectivity index (χ0) is 27.9. The number of rotatable bonds is 7. The van der Waals surface area contributed by atoms with E-state index in [0.717, 1.165) is 35.4 Å². The summed E-state index contributed by atoms with van der Waals surface area (Å²) in [4.78, 5) is 27.6. The molecule has 1 aliphatic rings. The van der Waals surface area contributed by atoms with E-state index in [9.17, 15) is 9.59 Å². The summed E-state index contributed by atoms with van der Waals surface area (Å²) >= 11 is 8.18. The van der Waals surface area contributed by atoms with Crippen LogP contribution in [0, 0.1) is 5.41 Å². The van der Waals surface area contributed by atoms with Crippen LogP contribution in [-0.4, -0.2) is 47.9 Å². The number of carbonyl (C=O) groups is 2. The van der Waals surface area contributed by atoms with E-state index in [4.69, 9.17) is 16.3 Å². The number of nitrogens with zero attached hydrogens (tertiary/aromatic N) is 1. The molecule has 0 unspecified atom stereocenters. The topological polar surface area (TPSA) is 70.7 Å². The van der Waals surface area contributed by atoms with Gasteiger partial charge in [-0.2, -0.15) is 0 Å². The molecule has 0 saturated heterocycles. The fraction of sp³-hybridized carbons (Fsp3) is 0.533. The van der Waals surface area contributed by atoms with Gasteiger partial charge >= 0.3 is 6.09 Å². The molecule has 2 aromatic rings. The summed E-state index contributed by atoms with van der Waals surface area (Å²) < 4.78 is 5.58. The second kappa shape index (κ2) is 13.1. The minimum Gasteiger partial charge on any atom is -0.444 e. The molecule has 2 amide bonds. The molecule has 0 aliphatic carbocycles. The Bertz CT molecular complexity index is 1110. The largest absolute Gasteiger partial charge is 0.444 e. The quantitative estimate of drug-likeness (QED) is 0.360. The van der Waals surface area contributed by atoms with Crippen molar-refractivity contribution in [1.82, 2.24) is 10.2 Å². The summed E-state index contributed by atoms with van der Waals surface area (Å²) in [5, 5.41) is 7.26. The van der Waals surface area contributed by atoms with Crippen LogP contribution in [0.15, 0.2) is 41.3 Å². The molecule has 38 heavy (non-hydrogen) atoms. The predicted octanol–water partition coefficient (Wildman–Crippen LogP) is 6.93. The molecule has 0 radical (unpaired) electrons. The molecule has 1 heterocycles. The number of hydrogen-bond donors (Lipinski definition) is 2. The van der Waals surface area contributed by atoms with Crippen molar-refractivity contribution in [2.45, 2.75) is 77.8 Å². The highest BCUT2D eigenvalue weighted by atomic mass is 35.5. The van der Waals surface area contributed by atoms with Crippen LogP contribution in [-0.2, 0) is 28.9 Å². The van der Waals surface area contributed by atoms with Crippen LogP contribution >= 0.6 is 23.4 Å². The molecule has 0 saturated carbocycles. The third-order valence-electron chi connectivity index (χ3n) is 6.10. The smallest absolute Gasteiger partial charge is 0.410 e. The highest BCUT2D eigenvalue weighted by molar-refractivity contribution is 8.00. The number of carbonyl (C=O) groups excluding carboxylic acids is 2. The van der Waals surface area contributed by atoms with E-state index < -0.39 is 5.60 Å². The van der Waals surface area contributed by atoms with Crippen molar-refractivity contribution in [2.24, 2.45) is 5.41 Å². The van der Waals surface area contributed by atoms with Crippen LogP contribution in [0.3, 0.4) is 0 Å². The molecule has 2 N–H and O–H groups in total. The maximum Gasteiger partial charge on any atom is 0.410 e. The SMILES string of the molecule is CC(C)(C)CNC(=O)CSc1ccc(CNc2c(Cl)ccc3c2CCCN(C(=O)OC(C)(C)C)CC3)cc1. The third kappa shape index (κ3) is 9.73. The highest BCUT2D eigenvalue weighted by Crippen LogP contribution is 2.32. The highest BCUT2D eigenvalue weighted by Gasteiger charge is 2.24. The summed E-state index contributed by atoms with van der Waals surface area (Å²) in [6, 6.07) is 12.3. The zero-order valence-electron chi connectivity index (χ0n) is 23.6. The Hall–Kier alpha value is -2.38. The first kappa shape index (κ1) is 30.2. The van der Waals surface area contributed by atoms with Crippen molar-refractivity contribution in [3.8, 4) is 0 Å². The Morgan fingerprint density at radius 3 is 2.37 bits per heavy atom. The minimum absolute atomic E-state index is 0.0556. The van der Waals surface area contributed by atoms with Crippen LogP contribution in [0.1, 0.15) is 64.7 Å².